The van der Waals surface area contributed by atoms with Crippen LogP contribution >= 0.6 is 0 Å². The first kappa shape index (κ1) is 16.4. The second-order valence-electron chi connectivity index (χ2n) is 5.95. The number of amides is 1. The van der Waals surface area contributed by atoms with Gasteiger partial charge in [-0.15, -0.1) is 0 Å². The van der Waals surface area contributed by atoms with Gasteiger partial charge in [-0.05, 0) is 29.7 Å². The summed E-state index contributed by atoms with van der Waals surface area (Å²) < 4.78 is 11.1. The Bertz CT molecular complexity index is 685. The van der Waals surface area contributed by atoms with Crippen LogP contribution in [-0.4, -0.2) is 19.1 Å². The quantitative estimate of drug-likeness (QED) is 0.882. The summed E-state index contributed by atoms with van der Waals surface area (Å²) in [5.41, 5.74) is 2.08. The highest BCUT2D eigenvalue weighted by Gasteiger charge is 2.19. The summed E-state index contributed by atoms with van der Waals surface area (Å²) in [5.74, 6) is 1.48. The van der Waals surface area contributed by atoms with Crippen molar-refractivity contribution in [1.29, 1.82) is 0 Å². The Labute approximate surface area is 142 Å². The van der Waals surface area contributed by atoms with Gasteiger partial charge in [-0.1, -0.05) is 49.7 Å². The van der Waals surface area contributed by atoms with Gasteiger partial charge >= 0.3 is 0 Å². The largest absolute Gasteiger partial charge is 0.486 e. The third-order valence-corrected chi connectivity index (χ3v) is 4.17. The first-order valence-corrected chi connectivity index (χ1v) is 8.49. The lowest BCUT2D eigenvalue weighted by molar-refractivity contribution is -0.122. The van der Waals surface area contributed by atoms with Crippen molar-refractivity contribution in [2.24, 2.45) is 0 Å². The standard InChI is InChI=1S/C20H23NO3/c1-2-6-17(16-7-4-3-5-8-16)20(22)21-14-15-9-10-18-19(13-15)24-12-11-23-18/h3-5,7-10,13,17H,2,6,11-12,14H2,1H3,(H,21,22)/t17-/m0/s1. The summed E-state index contributed by atoms with van der Waals surface area (Å²) in [6, 6.07) is 15.8. The van der Waals surface area contributed by atoms with Gasteiger partial charge in [0.25, 0.3) is 0 Å². The summed E-state index contributed by atoms with van der Waals surface area (Å²) in [7, 11) is 0. The van der Waals surface area contributed by atoms with Crippen molar-refractivity contribution in [1.82, 2.24) is 5.32 Å². The highest BCUT2D eigenvalue weighted by Crippen LogP contribution is 2.30. The number of rotatable bonds is 6. The van der Waals surface area contributed by atoms with Crippen LogP contribution in [0.15, 0.2) is 48.5 Å². The maximum atomic E-state index is 12.6. The number of ether oxygens (including phenoxy) is 2. The summed E-state index contributed by atoms with van der Waals surface area (Å²) in [6.45, 7) is 3.74. The van der Waals surface area contributed by atoms with Gasteiger partial charge < -0.3 is 14.8 Å². The summed E-state index contributed by atoms with van der Waals surface area (Å²) in [5, 5.41) is 3.05. The Morgan fingerprint density at radius 1 is 1.08 bits per heavy atom. The molecule has 0 saturated carbocycles. The third kappa shape index (κ3) is 3.88. The van der Waals surface area contributed by atoms with E-state index >= 15 is 0 Å². The number of hydrogen-bond donors (Lipinski definition) is 1. The molecule has 2 aromatic rings. The molecule has 1 aliphatic rings. The van der Waals surface area contributed by atoms with Crippen molar-refractivity contribution in [3.05, 3.63) is 59.7 Å². The minimum Gasteiger partial charge on any atom is -0.486 e. The Kier molecular flexibility index (Phi) is 5.36. The van der Waals surface area contributed by atoms with Gasteiger partial charge in [0.05, 0.1) is 5.92 Å². The molecule has 1 aliphatic heterocycles. The molecule has 2 aromatic carbocycles. The molecular formula is C20H23NO3. The molecule has 1 atom stereocenters. The van der Waals surface area contributed by atoms with Gasteiger partial charge in [0, 0.05) is 6.54 Å². The van der Waals surface area contributed by atoms with Crippen molar-refractivity contribution < 1.29 is 14.3 Å². The van der Waals surface area contributed by atoms with Crippen LogP contribution in [0.2, 0.25) is 0 Å². The zero-order valence-electron chi connectivity index (χ0n) is 14.0. The molecule has 1 amide bonds. The Hall–Kier alpha value is -2.49. The second-order valence-corrected chi connectivity index (χ2v) is 5.95. The first-order chi connectivity index (χ1) is 11.8. The molecule has 4 nitrogen and oxygen atoms in total. The lowest BCUT2D eigenvalue weighted by atomic mass is 9.93. The molecule has 4 heteroatoms. The minimum absolute atomic E-state index is 0.0675. The zero-order chi connectivity index (χ0) is 16.8. The number of carbonyl (C=O) groups is 1. The lowest BCUT2D eigenvalue weighted by Gasteiger charge is -2.20. The van der Waals surface area contributed by atoms with Crippen LogP contribution in [0.3, 0.4) is 0 Å². The summed E-state index contributed by atoms with van der Waals surface area (Å²) in [6.07, 6.45) is 1.81. The van der Waals surface area contributed by atoms with E-state index < -0.39 is 0 Å². The van der Waals surface area contributed by atoms with Crippen LogP contribution in [0.4, 0.5) is 0 Å². The van der Waals surface area contributed by atoms with Crippen LogP contribution in [0.25, 0.3) is 0 Å². The fourth-order valence-electron chi connectivity index (χ4n) is 2.93. The number of carbonyl (C=O) groups excluding carboxylic acids is 1. The molecule has 3 rings (SSSR count). The average Bonchev–Trinajstić information content (AvgIpc) is 2.64. The highest BCUT2D eigenvalue weighted by atomic mass is 16.6. The normalized spacial score (nSPS) is 14.0. The van der Waals surface area contributed by atoms with E-state index in [0.717, 1.165) is 35.5 Å². The molecule has 0 saturated heterocycles. The third-order valence-electron chi connectivity index (χ3n) is 4.17. The van der Waals surface area contributed by atoms with E-state index in [9.17, 15) is 4.79 Å². The molecule has 0 fully saturated rings. The zero-order valence-corrected chi connectivity index (χ0v) is 14.0. The van der Waals surface area contributed by atoms with Crippen LogP contribution in [0.1, 0.15) is 36.8 Å². The van der Waals surface area contributed by atoms with Crippen molar-refractivity contribution in [2.45, 2.75) is 32.2 Å². The summed E-state index contributed by atoms with van der Waals surface area (Å²) >= 11 is 0. The van der Waals surface area contributed by atoms with Crippen molar-refractivity contribution in [2.75, 3.05) is 13.2 Å². The highest BCUT2D eigenvalue weighted by molar-refractivity contribution is 5.83. The topological polar surface area (TPSA) is 47.6 Å². The number of fused-ring (bicyclic) bond motifs is 1. The molecule has 1 heterocycles. The molecule has 0 bridgehead atoms. The van der Waals surface area contributed by atoms with E-state index in [0.29, 0.717) is 19.8 Å². The van der Waals surface area contributed by atoms with Crippen molar-refractivity contribution >= 4 is 5.91 Å². The molecule has 24 heavy (non-hydrogen) atoms. The minimum atomic E-state index is -0.103. The van der Waals surface area contributed by atoms with Gasteiger partial charge in [-0.2, -0.15) is 0 Å². The fourth-order valence-corrected chi connectivity index (χ4v) is 2.93. The van der Waals surface area contributed by atoms with Gasteiger partial charge in [-0.25, -0.2) is 0 Å². The first-order valence-electron chi connectivity index (χ1n) is 8.49. The van der Waals surface area contributed by atoms with E-state index in [4.69, 9.17) is 9.47 Å². The SMILES string of the molecule is CCC[C@H](C(=O)NCc1ccc2c(c1)OCCO2)c1ccccc1. The number of nitrogens with one attached hydrogen (secondary N) is 1. The van der Waals surface area contributed by atoms with Crippen LogP contribution in [0, 0.1) is 0 Å². The maximum Gasteiger partial charge on any atom is 0.227 e. The van der Waals surface area contributed by atoms with Gasteiger partial charge in [0.2, 0.25) is 5.91 Å². The maximum absolute atomic E-state index is 12.6. The molecule has 1 N–H and O–H groups in total. The molecule has 0 aromatic heterocycles. The summed E-state index contributed by atoms with van der Waals surface area (Å²) in [4.78, 5) is 12.6. The molecule has 0 unspecified atom stereocenters. The predicted octanol–water partition coefficient (Wildman–Crippen LogP) is 3.66. The van der Waals surface area contributed by atoms with Crippen molar-refractivity contribution in [3.8, 4) is 11.5 Å². The Morgan fingerprint density at radius 3 is 2.58 bits per heavy atom. The fraction of sp³-hybridized carbons (Fsp3) is 0.350. The van der Waals surface area contributed by atoms with E-state index in [-0.39, 0.29) is 11.8 Å². The monoisotopic (exact) mass is 325 g/mol. The van der Waals surface area contributed by atoms with Gasteiger partial charge in [0.15, 0.2) is 11.5 Å². The number of benzene rings is 2. The van der Waals surface area contributed by atoms with E-state index in [2.05, 4.69) is 12.2 Å². The van der Waals surface area contributed by atoms with Crippen molar-refractivity contribution in [3.63, 3.8) is 0 Å². The Balaban J connectivity index is 1.65. The smallest absolute Gasteiger partial charge is 0.227 e. The van der Waals surface area contributed by atoms with Gasteiger partial charge in [-0.3, -0.25) is 4.79 Å². The van der Waals surface area contributed by atoms with Crippen LogP contribution in [-0.2, 0) is 11.3 Å². The Morgan fingerprint density at radius 2 is 1.83 bits per heavy atom. The predicted molar refractivity (Wildman–Crippen MR) is 93.4 cm³/mol. The van der Waals surface area contributed by atoms with Crippen LogP contribution in [0.5, 0.6) is 11.5 Å². The van der Waals surface area contributed by atoms with E-state index in [1.54, 1.807) is 0 Å². The van der Waals surface area contributed by atoms with Crippen LogP contribution < -0.4 is 14.8 Å². The molecule has 0 radical (unpaired) electrons. The molecular weight excluding hydrogens is 302 g/mol. The number of hydrogen-bond acceptors (Lipinski definition) is 3. The van der Waals surface area contributed by atoms with Gasteiger partial charge in [0.1, 0.15) is 13.2 Å². The second kappa shape index (κ2) is 7.86. The van der Waals surface area contributed by atoms with E-state index in [1.165, 1.54) is 0 Å². The molecule has 0 aliphatic carbocycles. The molecule has 126 valence electrons. The van der Waals surface area contributed by atoms with E-state index in [1.807, 2.05) is 48.5 Å². The molecule has 0 spiro atoms. The lowest BCUT2D eigenvalue weighted by Crippen LogP contribution is -2.29. The average molecular weight is 325 g/mol.